The molecule has 0 radical (unpaired) electrons. The van der Waals surface area contributed by atoms with Gasteiger partial charge in [-0.2, -0.15) is 0 Å². The Balaban J connectivity index is 1.66. The number of rotatable bonds is 5. The summed E-state index contributed by atoms with van der Waals surface area (Å²) in [5.41, 5.74) is 0.728. The van der Waals surface area contributed by atoms with Crippen LogP contribution in [0.1, 0.15) is 23.7 Å². The highest BCUT2D eigenvalue weighted by molar-refractivity contribution is 5.98. The van der Waals surface area contributed by atoms with Gasteiger partial charge in [-0.05, 0) is 35.9 Å². The highest BCUT2D eigenvalue weighted by Crippen LogP contribution is 2.22. The molecule has 0 bridgehead atoms. The number of carbonyl (C=O) groups excluding carboxylic acids is 1. The van der Waals surface area contributed by atoms with Crippen LogP contribution in [0.2, 0.25) is 0 Å². The van der Waals surface area contributed by atoms with Gasteiger partial charge in [-0.25, -0.2) is 0 Å². The Labute approximate surface area is 123 Å². The molecule has 0 saturated carbocycles. The van der Waals surface area contributed by atoms with E-state index < -0.39 is 0 Å². The lowest BCUT2D eigenvalue weighted by Gasteiger charge is -2.11. The van der Waals surface area contributed by atoms with Gasteiger partial charge in [0.15, 0.2) is 12.1 Å². The van der Waals surface area contributed by atoms with Crippen molar-refractivity contribution in [2.75, 3.05) is 19.8 Å². The fourth-order valence-corrected chi connectivity index (χ4v) is 2.38. The molecule has 110 valence electrons. The van der Waals surface area contributed by atoms with Gasteiger partial charge in [0, 0.05) is 12.0 Å². The quantitative estimate of drug-likeness (QED) is 0.792. The van der Waals surface area contributed by atoms with Crippen molar-refractivity contribution in [3.63, 3.8) is 0 Å². The predicted molar refractivity (Wildman–Crippen MR) is 79.8 cm³/mol. The van der Waals surface area contributed by atoms with Gasteiger partial charge in [-0.15, -0.1) is 0 Å². The molecule has 0 N–H and O–H groups in total. The van der Waals surface area contributed by atoms with Gasteiger partial charge in [0.2, 0.25) is 0 Å². The predicted octanol–water partition coefficient (Wildman–Crippen LogP) is 3.18. The molecule has 21 heavy (non-hydrogen) atoms. The summed E-state index contributed by atoms with van der Waals surface area (Å²) in [7, 11) is 0. The zero-order valence-corrected chi connectivity index (χ0v) is 12.0. The molecule has 1 fully saturated rings. The third-order valence-electron chi connectivity index (χ3n) is 3.53. The van der Waals surface area contributed by atoms with Crippen LogP contribution < -0.4 is 4.74 Å². The third kappa shape index (κ3) is 3.40. The van der Waals surface area contributed by atoms with Crippen LogP contribution in [0.3, 0.4) is 0 Å². The molecule has 1 heterocycles. The van der Waals surface area contributed by atoms with E-state index in [0.29, 0.717) is 19.8 Å². The summed E-state index contributed by atoms with van der Waals surface area (Å²) in [6.45, 7) is 3.46. The number of hydrogen-bond acceptors (Lipinski definition) is 4. The van der Waals surface area contributed by atoms with Gasteiger partial charge >= 0.3 is 0 Å². The van der Waals surface area contributed by atoms with Crippen LogP contribution in [-0.2, 0) is 9.47 Å². The number of carbonyl (C=O) groups is 1. The van der Waals surface area contributed by atoms with E-state index in [2.05, 4.69) is 0 Å². The van der Waals surface area contributed by atoms with Crippen molar-refractivity contribution in [3.8, 4) is 5.75 Å². The van der Waals surface area contributed by atoms with Gasteiger partial charge in [-0.3, -0.25) is 4.79 Å². The Morgan fingerprint density at radius 2 is 1.86 bits per heavy atom. The molecule has 4 heteroatoms. The fraction of sp³-hybridized carbons (Fsp3) is 0.353. The summed E-state index contributed by atoms with van der Waals surface area (Å²) in [6, 6.07) is 11.6. The first-order valence-corrected chi connectivity index (χ1v) is 7.13. The first-order chi connectivity index (χ1) is 10.2. The largest absolute Gasteiger partial charge is 0.493 e. The number of hydrogen-bond donors (Lipinski definition) is 0. The van der Waals surface area contributed by atoms with E-state index in [1.165, 1.54) is 0 Å². The van der Waals surface area contributed by atoms with Gasteiger partial charge in [0.25, 0.3) is 0 Å². The zero-order valence-electron chi connectivity index (χ0n) is 12.0. The fourth-order valence-electron chi connectivity index (χ4n) is 2.38. The summed E-state index contributed by atoms with van der Waals surface area (Å²) in [5, 5.41) is 2.10. The minimum atomic E-state index is -0.136. The number of benzene rings is 2. The van der Waals surface area contributed by atoms with Crippen molar-refractivity contribution in [3.05, 3.63) is 42.0 Å². The lowest BCUT2D eigenvalue weighted by Crippen LogP contribution is -2.12. The van der Waals surface area contributed by atoms with E-state index in [9.17, 15) is 4.79 Å². The molecule has 0 aromatic heterocycles. The smallest absolute Gasteiger partial charge is 0.161 e. The molecule has 2 aromatic rings. The normalized spacial score (nSPS) is 15.5. The van der Waals surface area contributed by atoms with Crippen molar-refractivity contribution >= 4 is 16.6 Å². The lowest BCUT2D eigenvalue weighted by molar-refractivity contribution is -0.0531. The molecule has 0 unspecified atom stereocenters. The molecule has 0 atom stereocenters. The standard InChI is InChI=1S/C17H18O4/c1-12(18)13-2-3-15-11-16(5-4-14(15)10-13)19-7-6-17-20-8-9-21-17/h2-5,10-11,17H,6-9H2,1H3. The lowest BCUT2D eigenvalue weighted by atomic mass is 10.0. The number of fused-ring (bicyclic) bond motifs is 1. The van der Waals surface area contributed by atoms with Crippen molar-refractivity contribution in [1.82, 2.24) is 0 Å². The van der Waals surface area contributed by atoms with E-state index in [4.69, 9.17) is 14.2 Å². The monoisotopic (exact) mass is 286 g/mol. The summed E-state index contributed by atoms with van der Waals surface area (Å²) < 4.78 is 16.5. The van der Waals surface area contributed by atoms with Gasteiger partial charge in [0.1, 0.15) is 5.75 Å². The Morgan fingerprint density at radius 1 is 1.14 bits per heavy atom. The molecule has 0 aliphatic carbocycles. The maximum absolute atomic E-state index is 11.4. The first kappa shape index (κ1) is 14.0. The molecule has 1 aliphatic rings. The van der Waals surface area contributed by atoms with Crippen molar-refractivity contribution in [1.29, 1.82) is 0 Å². The molecule has 3 rings (SSSR count). The third-order valence-corrected chi connectivity index (χ3v) is 3.53. The molecular weight excluding hydrogens is 268 g/mol. The van der Waals surface area contributed by atoms with E-state index in [1.54, 1.807) is 6.92 Å². The summed E-state index contributed by atoms with van der Waals surface area (Å²) in [5.74, 6) is 0.893. The molecule has 0 spiro atoms. The Bertz CT molecular complexity index is 644. The summed E-state index contributed by atoms with van der Waals surface area (Å²) in [4.78, 5) is 11.4. The molecule has 0 amide bonds. The second-order valence-electron chi connectivity index (χ2n) is 5.09. The molecule has 4 nitrogen and oxygen atoms in total. The topological polar surface area (TPSA) is 44.8 Å². The van der Waals surface area contributed by atoms with Crippen LogP contribution in [0.4, 0.5) is 0 Å². The van der Waals surface area contributed by atoms with Crippen molar-refractivity contribution < 1.29 is 19.0 Å². The SMILES string of the molecule is CC(=O)c1ccc2cc(OCCC3OCCO3)ccc2c1. The average Bonchev–Trinajstić information content (AvgIpc) is 3.00. The van der Waals surface area contributed by atoms with E-state index in [1.807, 2.05) is 36.4 Å². The number of ether oxygens (including phenoxy) is 3. The van der Waals surface area contributed by atoms with Gasteiger partial charge in [0.05, 0.1) is 19.8 Å². The Hall–Kier alpha value is -1.91. The summed E-state index contributed by atoms with van der Waals surface area (Å²) >= 11 is 0. The second kappa shape index (κ2) is 6.24. The van der Waals surface area contributed by atoms with Crippen LogP contribution in [0.25, 0.3) is 10.8 Å². The second-order valence-corrected chi connectivity index (χ2v) is 5.09. The Morgan fingerprint density at radius 3 is 2.62 bits per heavy atom. The molecule has 1 saturated heterocycles. The Kier molecular flexibility index (Phi) is 4.18. The minimum Gasteiger partial charge on any atom is -0.493 e. The number of Topliss-reactive ketones (excluding diaryl/α,β-unsaturated/α-hetero) is 1. The molecule has 1 aliphatic heterocycles. The van der Waals surface area contributed by atoms with Crippen LogP contribution in [0.15, 0.2) is 36.4 Å². The van der Waals surface area contributed by atoms with Gasteiger partial charge in [-0.1, -0.05) is 18.2 Å². The van der Waals surface area contributed by atoms with Crippen LogP contribution in [0, 0.1) is 0 Å². The van der Waals surface area contributed by atoms with Crippen LogP contribution >= 0.6 is 0 Å². The molecule has 2 aromatic carbocycles. The van der Waals surface area contributed by atoms with E-state index in [-0.39, 0.29) is 12.1 Å². The van der Waals surface area contributed by atoms with E-state index in [0.717, 1.165) is 28.5 Å². The first-order valence-electron chi connectivity index (χ1n) is 7.13. The van der Waals surface area contributed by atoms with E-state index >= 15 is 0 Å². The zero-order chi connectivity index (χ0) is 14.7. The molecular formula is C17H18O4. The van der Waals surface area contributed by atoms with Crippen molar-refractivity contribution in [2.24, 2.45) is 0 Å². The average molecular weight is 286 g/mol. The minimum absolute atomic E-state index is 0.0776. The van der Waals surface area contributed by atoms with Crippen LogP contribution in [-0.4, -0.2) is 31.9 Å². The van der Waals surface area contributed by atoms with Crippen molar-refractivity contribution in [2.45, 2.75) is 19.6 Å². The summed E-state index contributed by atoms with van der Waals surface area (Å²) in [6.07, 6.45) is 0.588. The maximum atomic E-state index is 11.4. The maximum Gasteiger partial charge on any atom is 0.161 e. The van der Waals surface area contributed by atoms with Gasteiger partial charge < -0.3 is 14.2 Å². The van der Waals surface area contributed by atoms with Crippen LogP contribution in [0.5, 0.6) is 5.75 Å². The highest BCUT2D eigenvalue weighted by Gasteiger charge is 2.15. The highest BCUT2D eigenvalue weighted by atomic mass is 16.7. The number of ketones is 1.